The maximum atomic E-state index is 4.67. The van der Waals surface area contributed by atoms with E-state index >= 15 is 0 Å². The van der Waals surface area contributed by atoms with E-state index in [-0.39, 0.29) is 0 Å². The summed E-state index contributed by atoms with van der Waals surface area (Å²) < 4.78 is 0. The summed E-state index contributed by atoms with van der Waals surface area (Å²) in [5, 5.41) is 11.7. The largest absolute Gasteiger partial charge is 0.339 e. The summed E-state index contributed by atoms with van der Waals surface area (Å²) in [6.45, 7) is 3.06. The van der Waals surface area contributed by atoms with Gasteiger partial charge in [-0.2, -0.15) is 10.1 Å². The summed E-state index contributed by atoms with van der Waals surface area (Å²) >= 11 is 0. The maximum absolute atomic E-state index is 4.67. The number of rotatable bonds is 4. The van der Waals surface area contributed by atoms with Crippen LogP contribution in [0.3, 0.4) is 0 Å². The fourth-order valence-electron chi connectivity index (χ4n) is 3.18. The minimum absolute atomic E-state index is 0.641. The highest BCUT2D eigenvalue weighted by atomic mass is 15.3. The molecule has 0 radical (unpaired) electrons. The molecule has 1 N–H and O–H groups in total. The van der Waals surface area contributed by atoms with Crippen molar-refractivity contribution in [3.8, 4) is 0 Å². The highest BCUT2D eigenvalue weighted by Gasteiger charge is 2.20. The van der Waals surface area contributed by atoms with Crippen molar-refractivity contribution in [1.29, 1.82) is 0 Å². The molecule has 2 heterocycles. The van der Waals surface area contributed by atoms with E-state index in [1.165, 1.54) is 16.8 Å². The summed E-state index contributed by atoms with van der Waals surface area (Å²) in [5.41, 5.74) is 4.84. The average Bonchev–Trinajstić information content (AvgIpc) is 2.68. The van der Waals surface area contributed by atoms with Gasteiger partial charge in [-0.15, -0.1) is 5.10 Å². The normalized spacial score (nSPS) is 13.4. The molecule has 1 aliphatic heterocycles. The van der Waals surface area contributed by atoms with Crippen LogP contribution < -0.4 is 10.2 Å². The summed E-state index contributed by atoms with van der Waals surface area (Å²) in [4.78, 5) is 6.82. The van der Waals surface area contributed by atoms with Gasteiger partial charge in [0, 0.05) is 17.9 Å². The number of anilines is 4. The molecule has 0 amide bonds. The predicted molar refractivity (Wildman–Crippen MR) is 101 cm³/mol. The fourth-order valence-corrected chi connectivity index (χ4v) is 3.18. The molecule has 0 saturated carbocycles. The van der Waals surface area contributed by atoms with Gasteiger partial charge in [-0.25, -0.2) is 0 Å². The van der Waals surface area contributed by atoms with Crippen LogP contribution in [-0.2, 0) is 12.8 Å². The lowest BCUT2D eigenvalue weighted by Crippen LogP contribution is -2.26. The number of aromatic nitrogens is 3. The molecule has 0 unspecified atom stereocenters. The van der Waals surface area contributed by atoms with Gasteiger partial charge in [-0.3, -0.25) is 0 Å². The quantitative estimate of drug-likeness (QED) is 0.774. The molecule has 1 aliphatic rings. The Morgan fingerprint density at radius 3 is 2.76 bits per heavy atom. The SMILES string of the molecule is CCc1ccc(Nc2cnnc(N3CCCc4ccccc43)n2)cc1. The molecule has 0 bridgehead atoms. The van der Waals surface area contributed by atoms with Crippen LogP contribution in [0.15, 0.2) is 54.7 Å². The van der Waals surface area contributed by atoms with E-state index < -0.39 is 0 Å². The second kappa shape index (κ2) is 6.89. The zero-order valence-electron chi connectivity index (χ0n) is 14.3. The van der Waals surface area contributed by atoms with Crippen molar-refractivity contribution in [3.63, 3.8) is 0 Å². The number of hydrogen-bond donors (Lipinski definition) is 1. The Labute approximate surface area is 147 Å². The molecule has 4 rings (SSSR count). The van der Waals surface area contributed by atoms with Crippen molar-refractivity contribution in [1.82, 2.24) is 15.2 Å². The van der Waals surface area contributed by atoms with Crippen molar-refractivity contribution in [2.75, 3.05) is 16.8 Å². The van der Waals surface area contributed by atoms with Crippen molar-refractivity contribution in [2.45, 2.75) is 26.2 Å². The molecule has 0 fully saturated rings. The van der Waals surface area contributed by atoms with Crippen molar-refractivity contribution < 1.29 is 0 Å². The van der Waals surface area contributed by atoms with E-state index in [2.05, 4.69) is 80.9 Å². The molecule has 5 heteroatoms. The van der Waals surface area contributed by atoms with E-state index in [0.717, 1.165) is 31.5 Å². The molecule has 3 aromatic rings. The van der Waals surface area contributed by atoms with Crippen LogP contribution in [0.5, 0.6) is 0 Å². The molecular formula is C20H21N5. The van der Waals surface area contributed by atoms with Gasteiger partial charge in [-0.05, 0) is 48.6 Å². The van der Waals surface area contributed by atoms with Gasteiger partial charge in [0.25, 0.3) is 5.95 Å². The standard InChI is InChI=1S/C20H21N5/c1-2-15-9-11-17(12-10-15)22-19-14-21-24-20(23-19)25-13-5-7-16-6-3-4-8-18(16)25/h3-4,6,8-12,14H,2,5,7,13H2,1H3,(H,22,23,24). The molecule has 0 aliphatic carbocycles. The van der Waals surface area contributed by atoms with Gasteiger partial charge in [-0.1, -0.05) is 37.3 Å². The average molecular weight is 331 g/mol. The number of para-hydroxylation sites is 1. The van der Waals surface area contributed by atoms with Crippen LogP contribution in [0, 0.1) is 0 Å². The summed E-state index contributed by atoms with van der Waals surface area (Å²) in [5.74, 6) is 1.35. The van der Waals surface area contributed by atoms with E-state index in [1.807, 2.05) is 0 Å². The smallest absolute Gasteiger partial charge is 0.251 e. The Hall–Kier alpha value is -2.95. The first-order chi connectivity index (χ1) is 12.3. The van der Waals surface area contributed by atoms with Gasteiger partial charge in [0.05, 0.1) is 6.20 Å². The minimum atomic E-state index is 0.641. The fraction of sp³-hybridized carbons (Fsp3) is 0.250. The summed E-state index contributed by atoms with van der Waals surface area (Å²) in [6, 6.07) is 16.8. The summed E-state index contributed by atoms with van der Waals surface area (Å²) in [7, 11) is 0. The van der Waals surface area contributed by atoms with Crippen molar-refractivity contribution >= 4 is 23.1 Å². The van der Waals surface area contributed by atoms with Crippen LogP contribution in [-0.4, -0.2) is 21.7 Å². The van der Waals surface area contributed by atoms with E-state index in [0.29, 0.717) is 11.8 Å². The van der Waals surface area contributed by atoms with Crippen molar-refractivity contribution in [2.24, 2.45) is 0 Å². The van der Waals surface area contributed by atoms with Crippen LogP contribution in [0.25, 0.3) is 0 Å². The molecule has 2 aromatic carbocycles. The molecule has 25 heavy (non-hydrogen) atoms. The number of hydrogen-bond acceptors (Lipinski definition) is 5. The zero-order chi connectivity index (χ0) is 17.1. The second-order valence-electron chi connectivity index (χ2n) is 6.20. The van der Waals surface area contributed by atoms with Gasteiger partial charge in [0.1, 0.15) is 0 Å². The highest BCUT2D eigenvalue weighted by Crippen LogP contribution is 2.31. The van der Waals surface area contributed by atoms with Gasteiger partial charge >= 0.3 is 0 Å². The molecule has 0 atom stereocenters. The van der Waals surface area contributed by atoms with Gasteiger partial charge < -0.3 is 10.2 Å². The third-order valence-corrected chi connectivity index (χ3v) is 4.53. The third-order valence-electron chi connectivity index (χ3n) is 4.53. The lowest BCUT2D eigenvalue weighted by Gasteiger charge is -2.29. The van der Waals surface area contributed by atoms with E-state index in [9.17, 15) is 0 Å². The first-order valence-electron chi connectivity index (χ1n) is 8.74. The van der Waals surface area contributed by atoms with Crippen LogP contribution in [0.2, 0.25) is 0 Å². The molecule has 5 nitrogen and oxygen atoms in total. The monoisotopic (exact) mass is 331 g/mol. The Kier molecular flexibility index (Phi) is 4.29. The number of fused-ring (bicyclic) bond motifs is 1. The molecule has 1 aromatic heterocycles. The predicted octanol–water partition coefficient (Wildman–Crippen LogP) is 4.26. The first kappa shape index (κ1) is 15.6. The van der Waals surface area contributed by atoms with E-state index in [4.69, 9.17) is 0 Å². The molecular weight excluding hydrogens is 310 g/mol. The zero-order valence-corrected chi connectivity index (χ0v) is 14.3. The van der Waals surface area contributed by atoms with Crippen LogP contribution in [0.1, 0.15) is 24.5 Å². The minimum Gasteiger partial charge on any atom is -0.339 e. The molecule has 0 spiro atoms. The molecule has 126 valence electrons. The molecule has 0 saturated heterocycles. The Morgan fingerprint density at radius 1 is 1.08 bits per heavy atom. The third kappa shape index (κ3) is 3.31. The van der Waals surface area contributed by atoms with Crippen LogP contribution >= 0.6 is 0 Å². The highest BCUT2D eigenvalue weighted by molar-refractivity contribution is 5.64. The number of nitrogens with zero attached hydrogens (tertiary/aromatic N) is 4. The van der Waals surface area contributed by atoms with E-state index in [1.54, 1.807) is 6.20 Å². The Bertz CT molecular complexity index is 860. The topological polar surface area (TPSA) is 53.9 Å². The lowest BCUT2D eigenvalue weighted by atomic mass is 10.0. The maximum Gasteiger partial charge on any atom is 0.251 e. The first-order valence-corrected chi connectivity index (χ1v) is 8.74. The van der Waals surface area contributed by atoms with Crippen LogP contribution in [0.4, 0.5) is 23.1 Å². The number of nitrogens with one attached hydrogen (secondary N) is 1. The summed E-state index contributed by atoms with van der Waals surface area (Å²) in [6.07, 6.45) is 4.89. The Balaban J connectivity index is 1.59. The van der Waals surface area contributed by atoms with Gasteiger partial charge in [0.2, 0.25) is 0 Å². The Morgan fingerprint density at radius 2 is 1.92 bits per heavy atom. The van der Waals surface area contributed by atoms with Gasteiger partial charge in [0.15, 0.2) is 5.82 Å². The second-order valence-corrected chi connectivity index (χ2v) is 6.20. The van der Waals surface area contributed by atoms with Crippen molar-refractivity contribution in [3.05, 3.63) is 65.9 Å². The number of benzene rings is 2. The lowest BCUT2D eigenvalue weighted by molar-refractivity contribution is 0.742. The number of aryl methyl sites for hydroxylation is 2.